The van der Waals surface area contributed by atoms with E-state index in [0.717, 1.165) is 0 Å². The van der Waals surface area contributed by atoms with Gasteiger partial charge in [-0.1, -0.05) is 0 Å². The number of carbonyl (C=O) groups is 1. The molecule has 5 rings (SSSR count). The molecular formula is C34H28N6Na4O20S6. The Morgan fingerprint density at radius 1 is 0.614 bits per heavy atom. The van der Waals surface area contributed by atoms with E-state index in [0.29, 0.717) is 0 Å². The van der Waals surface area contributed by atoms with Gasteiger partial charge in [0.15, 0.2) is 50.1 Å². The average Bonchev–Trinajstić information content (AvgIpc) is 3.29. The average molecular weight is 1120 g/mol. The number of nitrogens with one attached hydrogen (secondary N) is 2. The van der Waals surface area contributed by atoms with E-state index in [1.807, 2.05) is 0 Å². The van der Waals surface area contributed by atoms with Gasteiger partial charge in [0.25, 0.3) is 5.91 Å². The van der Waals surface area contributed by atoms with Gasteiger partial charge in [-0.05, 0) is 91.0 Å². The Hall–Kier alpha value is -0.950. The summed E-state index contributed by atoms with van der Waals surface area (Å²) in [6.45, 7) is -0.665. The summed E-state index contributed by atoms with van der Waals surface area (Å²) in [5, 5.41) is 73.2. The van der Waals surface area contributed by atoms with Crippen LogP contribution in [0.5, 0.6) is 5.75 Å². The SMILES string of the molecule is O=C(Nc1ccc(S(=O)(=O)CCOSOO[O-])cc1)c1ccc(N=Nc2c(NCS(=O)(=O)[O-])ccc3c(O)c(N=Nc4ccc(S(=O)(=O)CCOSOO[O-])cc4)c(SOO[O-])cc23)cc1.[Na+].[Na+].[Na+].[Na+]. The van der Waals surface area contributed by atoms with Crippen molar-refractivity contribution in [3.05, 3.63) is 96.6 Å². The molecule has 0 spiro atoms. The zero-order valence-corrected chi connectivity index (χ0v) is 49.5. The number of rotatable bonds is 26. The predicted octanol–water partition coefficient (Wildman–Crippen LogP) is -8.06. The van der Waals surface area contributed by atoms with E-state index < -0.39 is 58.8 Å². The normalized spacial score (nSPS) is 11.7. The van der Waals surface area contributed by atoms with Crippen LogP contribution >= 0.6 is 36.7 Å². The van der Waals surface area contributed by atoms with E-state index in [2.05, 4.69) is 59.2 Å². The molecule has 354 valence electrons. The summed E-state index contributed by atoms with van der Waals surface area (Å²) in [5.74, 6) is -3.16. The van der Waals surface area contributed by atoms with Crippen molar-refractivity contribution in [1.29, 1.82) is 0 Å². The first-order chi connectivity index (χ1) is 31.5. The van der Waals surface area contributed by atoms with E-state index in [9.17, 15) is 55.5 Å². The van der Waals surface area contributed by atoms with Gasteiger partial charge >= 0.3 is 118 Å². The number of aromatic hydroxyl groups is 1. The Balaban J connectivity index is 0.00000612. The summed E-state index contributed by atoms with van der Waals surface area (Å²) in [6, 6.07) is 19.8. The number of hydrogen-bond donors (Lipinski definition) is 3. The maximum Gasteiger partial charge on any atom is 1.00 e. The number of fused-ring (bicyclic) bond motifs is 1. The number of phenols is 1. The van der Waals surface area contributed by atoms with Crippen molar-refractivity contribution in [2.24, 2.45) is 20.5 Å². The fraction of sp³-hybridized carbons (Fsp3) is 0.147. The number of sulfone groups is 2. The third kappa shape index (κ3) is 21.0. The maximum absolute atomic E-state index is 13.0. The van der Waals surface area contributed by atoms with Gasteiger partial charge in [0.1, 0.15) is 27.4 Å². The van der Waals surface area contributed by atoms with Gasteiger partial charge in [-0.3, -0.25) is 28.3 Å². The molecule has 0 saturated heterocycles. The van der Waals surface area contributed by atoms with Gasteiger partial charge in [0, 0.05) is 22.0 Å². The molecule has 0 atom stereocenters. The molecule has 3 N–H and O–H groups in total. The molecule has 0 aliphatic heterocycles. The number of nitrogens with zero attached hydrogens (tertiary/aromatic N) is 4. The fourth-order valence-electron chi connectivity index (χ4n) is 5.25. The Kier molecular flexibility index (Phi) is 31.8. The molecule has 70 heavy (non-hydrogen) atoms. The summed E-state index contributed by atoms with van der Waals surface area (Å²) in [5.41, 5.74) is 0.215. The van der Waals surface area contributed by atoms with Gasteiger partial charge < -0.3 is 36.1 Å². The summed E-state index contributed by atoms with van der Waals surface area (Å²) < 4.78 is 107. The van der Waals surface area contributed by atoms with E-state index in [-0.39, 0.29) is 233 Å². The Bertz CT molecular complexity index is 2870. The van der Waals surface area contributed by atoms with Crippen molar-refractivity contribution in [2.45, 2.75) is 14.7 Å². The number of amides is 1. The quantitative estimate of drug-likeness (QED) is 0.00880. The third-order valence-corrected chi connectivity index (χ3v) is 13.5. The van der Waals surface area contributed by atoms with E-state index in [1.165, 1.54) is 91.0 Å². The Morgan fingerprint density at radius 3 is 1.60 bits per heavy atom. The molecule has 0 aromatic heterocycles. The van der Waals surface area contributed by atoms with Crippen LogP contribution in [0.2, 0.25) is 0 Å². The van der Waals surface area contributed by atoms with Crippen molar-refractivity contribution < 1.29 is 210 Å². The Labute approximate surface area is 499 Å². The third-order valence-electron chi connectivity index (χ3n) is 8.20. The predicted molar refractivity (Wildman–Crippen MR) is 223 cm³/mol. The van der Waals surface area contributed by atoms with Crippen LogP contribution in [0.15, 0.2) is 126 Å². The van der Waals surface area contributed by atoms with Crippen molar-refractivity contribution in [3.63, 3.8) is 0 Å². The monoisotopic (exact) mass is 1120 g/mol. The molecule has 0 aliphatic rings. The minimum Gasteiger partial charge on any atom is -0.747 e. The van der Waals surface area contributed by atoms with Crippen LogP contribution in [0.1, 0.15) is 10.4 Å². The number of azo groups is 2. The summed E-state index contributed by atoms with van der Waals surface area (Å²) in [4.78, 5) is 12.7. The molecule has 0 radical (unpaired) electrons. The van der Waals surface area contributed by atoms with Crippen LogP contribution in [0.25, 0.3) is 10.8 Å². The minimum atomic E-state index is -4.83. The van der Waals surface area contributed by atoms with Crippen LogP contribution < -0.4 is 145 Å². The second kappa shape index (κ2) is 33.2. The maximum atomic E-state index is 13.0. The molecule has 0 heterocycles. The number of phenolic OH excluding ortho intramolecular Hbond substituents is 1. The van der Waals surface area contributed by atoms with Crippen molar-refractivity contribution >= 4 is 117 Å². The first-order valence-electron chi connectivity index (χ1n) is 17.6. The molecule has 5 aromatic carbocycles. The summed E-state index contributed by atoms with van der Waals surface area (Å²) in [7, 11) is -12.5. The number of carbonyl (C=O) groups excluding carboxylic acids is 1. The second-order valence-corrected chi connectivity index (χ2v) is 19.7. The first-order valence-corrected chi connectivity index (χ1v) is 24.5. The molecule has 0 fully saturated rings. The molecule has 0 unspecified atom stereocenters. The van der Waals surface area contributed by atoms with Crippen LogP contribution in [0.3, 0.4) is 0 Å². The smallest absolute Gasteiger partial charge is 0.747 e. The van der Waals surface area contributed by atoms with Gasteiger partial charge in [-0.15, -0.1) is 18.9 Å². The minimum absolute atomic E-state index is 0. The van der Waals surface area contributed by atoms with E-state index in [1.54, 1.807) is 0 Å². The molecule has 0 bridgehead atoms. The van der Waals surface area contributed by atoms with Crippen LogP contribution in [0, 0.1) is 0 Å². The second-order valence-electron chi connectivity index (χ2n) is 12.3. The number of benzene rings is 5. The van der Waals surface area contributed by atoms with Crippen molar-refractivity contribution in [2.75, 3.05) is 41.2 Å². The zero-order chi connectivity index (χ0) is 47.7. The summed E-state index contributed by atoms with van der Waals surface area (Å²) in [6.07, 6.45) is 0. The van der Waals surface area contributed by atoms with Crippen LogP contribution in [0.4, 0.5) is 34.1 Å². The standard InChI is InChI=1S/C34H32N6O20S6.4Na/c41-33-27-13-14-29(35-20-66(50,51)52)31(28(27)19-30(61-58-55-43)32(33)40-38-24-7-11-26(12-8-24)65(48,49)18-16-54-63-60-57-45)39-37-23-3-1-21(2-4-23)34(42)36-22-5-9-25(10-6-22)64(46,47)17-15-53-62-59-56-44;;;;/h1-14,19,35,41,43-45H,15-18,20H2,(H,36,42)(H,50,51,52);;;;/q;4*+1/p-4. The van der Waals surface area contributed by atoms with Gasteiger partial charge in [0.2, 0.25) is 0 Å². The topological polar surface area (TPSA) is 379 Å². The fourth-order valence-corrected chi connectivity index (χ4v) is 8.88. The number of hydrogen-bond acceptors (Lipinski definition) is 28. The molecule has 0 saturated carbocycles. The molecule has 26 nitrogen and oxygen atoms in total. The number of anilines is 2. The molecule has 1 amide bonds. The van der Waals surface area contributed by atoms with Crippen molar-refractivity contribution in [3.8, 4) is 5.75 Å². The molecule has 0 aliphatic carbocycles. The van der Waals surface area contributed by atoms with Gasteiger partial charge in [-0.25, -0.2) is 25.3 Å². The zero-order valence-electron chi connectivity index (χ0n) is 36.6. The molecule has 36 heteroatoms. The van der Waals surface area contributed by atoms with Gasteiger partial charge in [-0.2, -0.15) is 14.6 Å². The molecule has 5 aromatic rings. The van der Waals surface area contributed by atoms with Gasteiger partial charge in [0.05, 0.1) is 68.5 Å². The van der Waals surface area contributed by atoms with Crippen LogP contribution in [-0.2, 0) is 66.3 Å². The van der Waals surface area contributed by atoms with E-state index in [4.69, 9.17) is 8.37 Å². The largest absolute Gasteiger partial charge is 1.00 e. The Morgan fingerprint density at radius 2 is 1.10 bits per heavy atom. The summed E-state index contributed by atoms with van der Waals surface area (Å²) >= 11 is 0.611. The van der Waals surface area contributed by atoms with Crippen molar-refractivity contribution in [1.82, 2.24) is 0 Å². The first kappa shape index (κ1) is 67.1. The van der Waals surface area contributed by atoms with Crippen LogP contribution in [-0.4, -0.2) is 71.4 Å². The molecular weight excluding hydrogens is 1100 g/mol. The van der Waals surface area contributed by atoms with E-state index >= 15 is 0 Å².